The molecule has 2 heterocycles. The van der Waals surface area contributed by atoms with Gasteiger partial charge in [0.05, 0.1) is 34.3 Å². The van der Waals surface area contributed by atoms with Gasteiger partial charge in [-0.2, -0.15) is 4.31 Å². The molecule has 2 saturated heterocycles. The Labute approximate surface area is 198 Å². The van der Waals surface area contributed by atoms with Crippen molar-refractivity contribution < 1.29 is 22.9 Å². The van der Waals surface area contributed by atoms with Gasteiger partial charge in [-0.15, -0.1) is 0 Å². The first-order chi connectivity index (χ1) is 16.4. The van der Waals surface area contributed by atoms with Crippen LogP contribution in [-0.2, 0) is 14.8 Å². The van der Waals surface area contributed by atoms with E-state index in [0.29, 0.717) is 64.5 Å². The van der Waals surface area contributed by atoms with E-state index in [-0.39, 0.29) is 28.0 Å². The summed E-state index contributed by atoms with van der Waals surface area (Å²) in [6.07, 6.45) is 1.25. The second kappa shape index (κ2) is 10.5. The van der Waals surface area contributed by atoms with Gasteiger partial charge in [-0.1, -0.05) is 18.2 Å². The molecule has 2 aliphatic rings. The van der Waals surface area contributed by atoms with Gasteiger partial charge in [-0.25, -0.2) is 8.42 Å². The number of hydrogen-bond acceptors (Lipinski definition) is 7. The van der Waals surface area contributed by atoms with Gasteiger partial charge in [-0.3, -0.25) is 14.9 Å². The van der Waals surface area contributed by atoms with Gasteiger partial charge in [0, 0.05) is 44.9 Å². The van der Waals surface area contributed by atoms with Crippen LogP contribution in [0, 0.1) is 16.0 Å². The van der Waals surface area contributed by atoms with Crippen molar-refractivity contribution in [3.05, 3.63) is 64.2 Å². The second-order valence-electron chi connectivity index (χ2n) is 8.43. The Balaban J connectivity index is 1.38. The molecule has 10 nitrogen and oxygen atoms in total. The van der Waals surface area contributed by atoms with Gasteiger partial charge in [0.1, 0.15) is 0 Å². The first kappa shape index (κ1) is 24.1. The maximum absolute atomic E-state index is 13.0. The molecule has 2 fully saturated rings. The van der Waals surface area contributed by atoms with Crippen molar-refractivity contribution >= 4 is 27.3 Å². The zero-order chi connectivity index (χ0) is 24.1. The minimum atomic E-state index is -3.52. The molecule has 0 spiro atoms. The van der Waals surface area contributed by atoms with Crippen molar-refractivity contribution in [2.75, 3.05) is 50.8 Å². The van der Waals surface area contributed by atoms with Crippen LogP contribution >= 0.6 is 0 Å². The van der Waals surface area contributed by atoms with Gasteiger partial charge in [0.2, 0.25) is 10.0 Å². The predicted octanol–water partition coefficient (Wildman–Crippen LogP) is 2.26. The van der Waals surface area contributed by atoms with Crippen LogP contribution in [0.1, 0.15) is 23.2 Å². The van der Waals surface area contributed by atoms with Crippen LogP contribution in [0.15, 0.2) is 53.4 Å². The van der Waals surface area contributed by atoms with Crippen LogP contribution in [0.3, 0.4) is 0 Å². The number of non-ortho nitro benzene ring substituents is 1. The van der Waals surface area contributed by atoms with Crippen LogP contribution in [0.2, 0.25) is 0 Å². The van der Waals surface area contributed by atoms with Crippen molar-refractivity contribution in [1.29, 1.82) is 0 Å². The first-order valence-electron chi connectivity index (χ1n) is 11.3. The molecule has 0 radical (unpaired) electrons. The van der Waals surface area contributed by atoms with Gasteiger partial charge in [0.15, 0.2) is 0 Å². The van der Waals surface area contributed by atoms with Gasteiger partial charge < -0.3 is 15.0 Å². The number of carbonyl (C=O) groups is 1. The number of nitrogens with one attached hydrogen (secondary N) is 1. The fourth-order valence-corrected chi connectivity index (χ4v) is 5.82. The lowest BCUT2D eigenvalue weighted by Crippen LogP contribution is -2.42. The average molecular weight is 489 g/mol. The lowest BCUT2D eigenvalue weighted by Gasteiger charge is -2.32. The molecule has 0 unspecified atom stereocenters. The summed E-state index contributed by atoms with van der Waals surface area (Å²) in [7, 11) is -3.52. The average Bonchev–Trinajstić information content (AvgIpc) is 2.88. The smallest absolute Gasteiger partial charge is 0.270 e. The SMILES string of the molecule is O=C(NCC1CCN(S(=O)(=O)c2ccccc2)CC1)c1cc([N+](=O)[O-])ccc1N1CCOCC1. The van der Waals surface area contributed by atoms with E-state index in [1.165, 1.54) is 16.4 Å². The third-order valence-electron chi connectivity index (χ3n) is 6.29. The number of sulfonamides is 1. The fourth-order valence-electron chi connectivity index (χ4n) is 4.33. The number of ether oxygens (including phenoxy) is 1. The molecule has 4 rings (SSSR count). The molecule has 1 amide bonds. The van der Waals surface area contributed by atoms with Crippen LogP contribution in [0.5, 0.6) is 0 Å². The van der Waals surface area contributed by atoms with Gasteiger partial charge in [-0.05, 0) is 37.0 Å². The first-order valence-corrected chi connectivity index (χ1v) is 12.7. The van der Waals surface area contributed by atoms with Gasteiger partial charge >= 0.3 is 0 Å². The third-order valence-corrected chi connectivity index (χ3v) is 8.21. The zero-order valence-corrected chi connectivity index (χ0v) is 19.6. The monoisotopic (exact) mass is 488 g/mol. The number of morpholine rings is 1. The van der Waals surface area contributed by atoms with Crippen molar-refractivity contribution in [1.82, 2.24) is 9.62 Å². The summed E-state index contributed by atoms with van der Waals surface area (Å²) < 4.78 is 32.5. The van der Waals surface area contributed by atoms with Crippen LogP contribution < -0.4 is 10.2 Å². The largest absolute Gasteiger partial charge is 0.378 e. The highest BCUT2D eigenvalue weighted by molar-refractivity contribution is 7.89. The van der Waals surface area contributed by atoms with Crippen molar-refractivity contribution in [3.8, 4) is 0 Å². The molecule has 0 aliphatic carbocycles. The minimum Gasteiger partial charge on any atom is -0.378 e. The van der Waals surface area contributed by atoms with E-state index >= 15 is 0 Å². The molecule has 1 N–H and O–H groups in total. The van der Waals surface area contributed by atoms with Gasteiger partial charge in [0.25, 0.3) is 11.6 Å². The summed E-state index contributed by atoms with van der Waals surface area (Å²) in [5.41, 5.74) is 0.775. The summed E-state index contributed by atoms with van der Waals surface area (Å²) in [6, 6.07) is 12.7. The Kier molecular flexibility index (Phi) is 7.44. The molecule has 182 valence electrons. The number of anilines is 1. The molecule has 2 aromatic carbocycles. The number of piperidine rings is 1. The van der Waals surface area contributed by atoms with Crippen LogP contribution in [0.25, 0.3) is 0 Å². The summed E-state index contributed by atoms with van der Waals surface area (Å²) in [6.45, 7) is 3.41. The van der Waals surface area contributed by atoms with Crippen molar-refractivity contribution in [2.45, 2.75) is 17.7 Å². The highest BCUT2D eigenvalue weighted by atomic mass is 32.2. The Morgan fingerprint density at radius 1 is 1.06 bits per heavy atom. The molecule has 0 bridgehead atoms. The topological polar surface area (TPSA) is 122 Å². The lowest BCUT2D eigenvalue weighted by molar-refractivity contribution is -0.384. The number of carbonyl (C=O) groups excluding carboxylic acids is 1. The Morgan fingerprint density at radius 3 is 2.38 bits per heavy atom. The Hall–Kier alpha value is -3.02. The standard InChI is InChI=1S/C23H28N4O6S/c28-23(21-16-19(27(29)30)6-7-22(21)25-12-14-33-15-13-25)24-17-18-8-10-26(11-9-18)34(31,32)20-4-2-1-3-5-20/h1-7,16,18H,8-15,17H2,(H,24,28). The highest BCUT2D eigenvalue weighted by Gasteiger charge is 2.30. The minimum absolute atomic E-state index is 0.122. The molecule has 0 aromatic heterocycles. The molecule has 0 atom stereocenters. The van der Waals surface area contributed by atoms with E-state index in [0.717, 1.165) is 0 Å². The third kappa shape index (κ3) is 5.37. The Morgan fingerprint density at radius 2 is 1.74 bits per heavy atom. The maximum atomic E-state index is 13.0. The summed E-state index contributed by atoms with van der Waals surface area (Å²) in [5.74, 6) is -0.249. The zero-order valence-electron chi connectivity index (χ0n) is 18.8. The number of hydrogen-bond donors (Lipinski definition) is 1. The van der Waals surface area contributed by atoms with Crippen molar-refractivity contribution in [3.63, 3.8) is 0 Å². The fraction of sp³-hybridized carbons (Fsp3) is 0.435. The number of nitrogens with zero attached hydrogens (tertiary/aromatic N) is 3. The van der Waals surface area contributed by atoms with Crippen molar-refractivity contribution in [2.24, 2.45) is 5.92 Å². The second-order valence-corrected chi connectivity index (χ2v) is 10.4. The normalized spacial score (nSPS) is 17.9. The molecule has 0 saturated carbocycles. The molecule has 2 aliphatic heterocycles. The lowest BCUT2D eigenvalue weighted by atomic mass is 9.98. The highest BCUT2D eigenvalue weighted by Crippen LogP contribution is 2.27. The molecular weight excluding hydrogens is 460 g/mol. The molecule has 2 aromatic rings. The summed E-state index contributed by atoms with van der Waals surface area (Å²) >= 11 is 0. The van der Waals surface area contributed by atoms with E-state index < -0.39 is 14.9 Å². The molecular formula is C23H28N4O6S. The van der Waals surface area contributed by atoms with E-state index in [1.807, 2.05) is 4.90 Å². The van der Waals surface area contributed by atoms with E-state index in [1.54, 1.807) is 36.4 Å². The number of nitro benzene ring substituents is 1. The van der Waals surface area contributed by atoms with E-state index in [4.69, 9.17) is 4.74 Å². The van der Waals surface area contributed by atoms with E-state index in [2.05, 4.69) is 5.32 Å². The van der Waals surface area contributed by atoms with E-state index in [9.17, 15) is 23.3 Å². The summed E-state index contributed by atoms with van der Waals surface area (Å²) in [4.78, 5) is 26.1. The Bertz CT molecular complexity index is 1130. The van der Waals surface area contributed by atoms with Crippen LogP contribution in [0.4, 0.5) is 11.4 Å². The predicted molar refractivity (Wildman–Crippen MR) is 126 cm³/mol. The molecule has 11 heteroatoms. The summed E-state index contributed by atoms with van der Waals surface area (Å²) in [5, 5.41) is 14.2. The molecule has 34 heavy (non-hydrogen) atoms. The number of benzene rings is 2. The number of nitro groups is 1. The quantitative estimate of drug-likeness (QED) is 0.469. The number of rotatable bonds is 7. The maximum Gasteiger partial charge on any atom is 0.270 e. The number of amides is 1. The van der Waals surface area contributed by atoms with Crippen LogP contribution in [-0.4, -0.2) is 69.5 Å².